The van der Waals surface area contributed by atoms with Crippen LogP contribution in [-0.4, -0.2) is 18.5 Å². The van der Waals surface area contributed by atoms with Crippen LogP contribution in [0.2, 0.25) is 0 Å². The minimum absolute atomic E-state index is 0.231. The van der Waals surface area contributed by atoms with Crippen molar-refractivity contribution in [3.63, 3.8) is 0 Å². The summed E-state index contributed by atoms with van der Waals surface area (Å²) in [5.74, 6) is -0.511. The Hall–Kier alpha value is -2.13. The zero-order valence-corrected chi connectivity index (χ0v) is 14.3. The van der Waals surface area contributed by atoms with Gasteiger partial charge < -0.3 is 10.1 Å². The van der Waals surface area contributed by atoms with E-state index in [2.05, 4.69) is 17.5 Å². The molecule has 126 valence electrons. The van der Waals surface area contributed by atoms with Crippen molar-refractivity contribution in [2.75, 3.05) is 11.9 Å². The number of carbonyl (C=O) groups excluding carboxylic acids is 2. The van der Waals surface area contributed by atoms with E-state index in [-0.39, 0.29) is 24.4 Å². The first-order valence-electron chi connectivity index (χ1n) is 8.34. The van der Waals surface area contributed by atoms with Crippen molar-refractivity contribution in [3.8, 4) is 6.07 Å². The summed E-state index contributed by atoms with van der Waals surface area (Å²) in [6.45, 7) is -0.303. The van der Waals surface area contributed by atoms with Crippen LogP contribution in [0.5, 0.6) is 0 Å². The average Bonchev–Trinajstić information content (AvgIpc) is 3.19. The number of carbonyl (C=O) groups is 2. The van der Waals surface area contributed by atoms with E-state index in [4.69, 9.17) is 4.74 Å². The number of hydrogen-bond acceptors (Lipinski definition) is 5. The fraction of sp³-hybridized carbons (Fsp3) is 0.500. The number of ether oxygens (including phenoxy) is 1. The summed E-state index contributed by atoms with van der Waals surface area (Å²) in [6.07, 6.45) is 10.4. The molecule has 0 aliphatic heterocycles. The number of esters is 1. The third kappa shape index (κ3) is 3.85. The molecule has 2 aliphatic rings. The number of hydrogen-bond donors (Lipinski definition) is 1. The van der Waals surface area contributed by atoms with Crippen LogP contribution in [-0.2, 0) is 27.2 Å². The quantitative estimate of drug-likeness (QED) is 0.656. The molecule has 5 nitrogen and oxygen atoms in total. The van der Waals surface area contributed by atoms with Crippen molar-refractivity contribution in [1.29, 1.82) is 5.26 Å². The predicted molar refractivity (Wildman–Crippen MR) is 91.7 cm³/mol. The lowest BCUT2D eigenvalue weighted by Gasteiger charge is -2.09. The lowest BCUT2D eigenvalue weighted by Crippen LogP contribution is -2.21. The standard InChI is InChI=1S/C18H20N2O3S/c19-10-14-13-7-3-4-8-15(13)24-18(14)20-16(21)11-23-17(22)9-12-5-1-2-6-12/h1,5,12H,2-4,6-9,11H2,(H,20,21)/t12-/m0/s1. The van der Waals surface area contributed by atoms with Crippen molar-refractivity contribution in [3.05, 3.63) is 28.2 Å². The highest BCUT2D eigenvalue weighted by molar-refractivity contribution is 7.16. The molecule has 6 heteroatoms. The average molecular weight is 344 g/mol. The normalized spacial score (nSPS) is 18.7. The first-order valence-corrected chi connectivity index (χ1v) is 9.16. The molecule has 1 heterocycles. The monoisotopic (exact) mass is 344 g/mol. The second kappa shape index (κ2) is 7.63. The van der Waals surface area contributed by atoms with Crippen molar-refractivity contribution in [2.45, 2.75) is 44.9 Å². The van der Waals surface area contributed by atoms with Crippen molar-refractivity contribution in [2.24, 2.45) is 5.92 Å². The molecule has 1 amide bonds. The number of anilines is 1. The Morgan fingerprint density at radius 2 is 2.21 bits per heavy atom. The smallest absolute Gasteiger partial charge is 0.306 e. The largest absolute Gasteiger partial charge is 0.456 e. The van der Waals surface area contributed by atoms with Gasteiger partial charge in [0.2, 0.25) is 0 Å². The van der Waals surface area contributed by atoms with Crippen LogP contribution in [0.1, 0.15) is 48.1 Å². The number of aryl methyl sites for hydroxylation is 1. The number of nitrogens with one attached hydrogen (secondary N) is 1. The van der Waals surface area contributed by atoms with Crippen LogP contribution in [0.25, 0.3) is 0 Å². The lowest BCUT2D eigenvalue weighted by molar-refractivity contribution is -0.147. The number of rotatable bonds is 5. The van der Waals surface area contributed by atoms with E-state index in [1.165, 1.54) is 16.2 Å². The second-order valence-electron chi connectivity index (χ2n) is 6.21. The van der Waals surface area contributed by atoms with Gasteiger partial charge in [-0.1, -0.05) is 12.2 Å². The molecule has 1 aromatic rings. The van der Waals surface area contributed by atoms with Crippen LogP contribution in [0.4, 0.5) is 5.00 Å². The van der Waals surface area contributed by atoms with Crippen molar-refractivity contribution >= 4 is 28.2 Å². The van der Waals surface area contributed by atoms with Crippen LogP contribution < -0.4 is 5.32 Å². The molecule has 0 unspecified atom stereocenters. The third-order valence-corrected chi connectivity index (χ3v) is 5.65. The number of fused-ring (bicyclic) bond motifs is 1. The molecular weight excluding hydrogens is 324 g/mol. The zero-order valence-electron chi connectivity index (χ0n) is 13.5. The number of nitrogens with zero attached hydrogens (tertiary/aromatic N) is 1. The first kappa shape index (κ1) is 16.7. The summed E-state index contributed by atoms with van der Waals surface area (Å²) in [4.78, 5) is 25.0. The van der Waals surface area contributed by atoms with E-state index in [1.54, 1.807) is 0 Å². The van der Waals surface area contributed by atoms with Crippen LogP contribution in [0.3, 0.4) is 0 Å². The van der Waals surface area contributed by atoms with Gasteiger partial charge in [-0.3, -0.25) is 9.59 Å². The second-order valence-corrected chi connectivity index (χ2v) is 7.31. The molecule has 0 saturated heterocycles. The van der Waals surface area contributed by atoms with Gasteiger partial charge in [-0.15, -0.1) is 11.3 Å². The topological polar surface area (TPSA) is 79.2 Å². The van der Waals surface area contributed by atoms with Crippen LogP contribution in [0, 0.1) is 17.2 Å². The Labute approximate surface area is 145 Å². The molecule has 0 bridgehead atoms. The van der Waals surface area contributed by atoms with Gasteiger partial charge in [0.1, 0.15) is 11.1 Å². The molecular formula is C18H20N2O3S. The van der Waals surface area contributed by atoms with E-state index < -0.39 is 0 Å². The Balaban J connectivity index is 1.53. The molecule has 0 aromatic carbocycles. The molecule has 0 radical (unpaired) electrons. The highest BCUT2D eigenvalue weighted by Crippen LogP contribution is 2.37. The Morgan fingerprint density at radius 3 is 2.96 bits per heavy atom. The van der Waals surface area contributed by atoms with Crippen LogP contribution >= 0.6 is 11.3 Å². The molecule has 0 saturated carbocycles. The van der Waals surface area contributed by atoms with Gasteiger partial charge in [0.25, 0.3) is 5.91 Å². The number of allylic oxidation sites excluding steroid dienone is 2. The predicted octanol–water partition coefficient (Wildman–Crippen LogP) is 3.34. The van der Waals surface area contributed by atoms with E-state index in [0.717, 1.165) is 44.1 Å². The fourth-order valence-corrected chi connectivity index (χ4v) is 4.48. The molecule has 1 N–H and O–H groups in total. The molecule has 0 spiro atoms. The summed E-state index contributed by atoms with van der Waals surface area (Å²) in [5, 5.41) is 12.7. The van der Waals surface area contributed by atoms with E-state index >= 15 is 0 Å². The summed E-state index contributed by atoms with van der Waals surface area (Å²) < 4.78 is 5.05. The van der Waals surface area contributed by atoms with E-state index in [9.17, 15) is 14.9 Å². The summed E-state index contributed by atoms with van der Waals surface area (Å²) in [5.41, 5.74) is 1.65. The van der Waals surface area contributed by atoms with Gasteiger partial charge >= 0.3 is 5.97 Å². The molecule has 1 atom stereocenters. The highest BCUT2D eigenvalue weighted by atomic mass is 32.1. The van der Waals surface area contributed by atoms with Crippen LogP contribution in [0.15, 0.2) is 12.2 Å². The maximum Gasteiger partial charge on any atom is 0.306 e. The third-order valence-electron chi connectivity index (χ3n) is 4.44. The molecule has 24 heavy (non-hydrogen) atoms. The van der Waals surface area contributed by atoms with Gasteiger partial charge in [-0.25, -0.2) is 0 Å². The summed E-state index contributed by atoms with van der Waals surface area (Å²) >= 11 is 1.47. The van der Waals surface area contributed by atoms with E-state index in [1.807, 2.05) is 6.08 Å². The summed E-state index contributed by atoms with van der Waals surface area (Å²) in [7, 11) is 0. The zero-order chi connectivity index (χ0) is 16.9. The maximum absolute atomic E-state index is 12.0. The number of thiophene rings is 1. The van der Waals surface area contributed by atoms with E-state index in [0.29, 0.717) is 17.0 Å². The van der Waals surface area contributed by atoms with Gasteiger partial charge in [0, 0.05) is 4.88 Å². The first-order chi connectivity index (χ1) is 11.7. The van der Waals surface area contributed by atoms with Gasteiger partial charge in [0.05, 0.1) is 12.0 Å². The minimum atomic E-state index is -0.389. The fourth-order valence-electron chi connectivity index (χ4n) is 3.22. The van der Waals surface area contributed by atoms with Gasteiger partial charge in [0.15, 0.2) is 6.61 Å². The Bertz CT molecular complexity index is 715. The molecule has 1 aromatic heterocycles. The number of amides is 1. The Morgan fingerprint density at radius 1 is 1.38 bits per heavy atom. The van der Waals surface area contributed by atoms with Crippen molar-refractivity contribution < 1.29 is 14.3 Å². The summed E-state index contributed by atoms with van der Waals surface area (Å²) in [6, 6.07) is 2.20. The van der Waals surface area contributed by atoms with Crippen molar-refractivity contribution in [1.82, 2.24) is 0 Å². The minimum Gasteiger partial charge on any atom is -0.456 e. The molecule has 3 rings (SSSR count). The maximum atomic E-state index is 12.0. The Kier molecular flexibility index (Phi) is 5.31. The van der Waals surface area contributed by atoms with Gasteiger partial charge in [-0.2, -0.15) is 5.26 Å². The highest BCUT2D eigenvalue weighted by Gasteiger charge is 2.22. The SMILES string of the molecule is N#Cc1c(NC(=O)COC(=O)C[C@H]2C=CCC2)sc2c1CCCC2. The van der Waals surface area contributed by atoms with Gasteiger partial charge in [-0.05, 0) is 50.0 Å². The lowest BCUT2D eigenvalue weighted by atomic mass is 9.96. The number of nitriles is 1. The molecule has 2 aliphatic carbocycles. The molecule has 0 fully saturated rings.